The minimum Gasteiger partial charge on any atom is -0.466 e. The number of esters is 10. The van der Waals surface area contributed by atoms with Crippen molar-refractivity contribution >= 4 is 59.7 Å². The van der Waals surface area contributed by atoms with Crippen LogP contribution in [0.15, 0.2) is 0 Å². The first-order chi connectivity index (χ1) is 38.7. The van der Waals surface area contributed by atoms with E-state index in [1.165, 1.54) is 12.8 Å². The molecule has 6 bridgehead atoms. The van der Waals surface area contributed by atoms with E-state index in [4.69, 9.17) is 34.3 Å². The van der Waals surface area contributed by atoms with E-state index in [1.807, 2.05) is 20.8 Å². The molecule has 10 saturated heterocycles. The monoisotopic (exact) mass is 1160 g/mol. The molecule has 16 unspecified atom stereocenters. The van der Waals surface area contributed by atoms with Gasteiger partial charge in [-0.3, -0.25) is 43.2 Å². The summed E-state index contributed by atoms with van der Waals surface area (Å²) in [4.78, 5) is 105. The lowest BCUT2D eigenvalue weighted by molar-refractivity contribution is -0.152. The van der Waals surface area contributed by atoms with Crippen molar-refractivity contribution in [2.75, 3.05) is 46.2 Å². The SMILES string of the molecule is CC1(C)C2CC3OC(=O)C(C2)C31.CC1(C)COC(=O)C1.CC12CC3CC(C(=O)O1)C2C3.CC1COC(=O)C1.O=C1CC(O)CCO1.O=C1CC(O)CO1.O=C1CCCO1.O=C1CCCO1.O=C1OC2CC3CC1C2C3.O=C1OCCC1O. The van der Waals surface area contributed by atoms with Crippen molar-refractivity contribution in [3.05, 3.63) is 0 Å². The van der Waals surface area contributed by atoms with Crippen LogP contribution in [0.2, 0.25) is 0 Å². The summed E-state index contributed by atoms with van der Waals surface area (Å²) in [6.45, 7) is 16.2. The smallest absolute Gasteiger partial charge is 0.335 e. The van der Waals surface area contributed by atoms with E-state index in [9.17, 15) is 47.9 Å². The van der Waals surface area contributed by atoms with Crippen LogP contribution in [0, 0.1) is 70.0 Å². The van der Waals surface area contributed by atoms with Crippen molar-refractivity contribution in [3.8, 4) is 0 Å². The fraction of sp³-hybridized carbons (Fsp3) is 0.831. The van der Waals surface area contributed by atoms with Crippen LogP contribution < -0.4 is 0 Å². The fourth-order valence-corrected chi connectivity index (χ4v) is 14.0. The minimum atomic E-state index is -0.847. The lowest BCUT2D eigenvalue weighted by Crippen LogP contribution is -2.29. The Labute approximate surface area is 478 Å². The number of fused-ring (bicyclic) bond motifs is 3. The fourth-order valence-electron chi connectivity index (χ4n) is 14.0. The summed E-state index contributed by atoms with van der Waals surface area (Å²) in [5, 5.41) is 25.9. The van der Waals surface area contributed by atoms with Crippen molar-refractivity contribution in [2.24, 2.45) is 70.0 Å². The van der Waals surface area contributed by atoms with Crippen LogP contribution in [-0.2, 0) is 95.3 Å². The summed E-state index contributed by atoms with van der Waals surface area (Å²) >= 11 is 0. The molecule has 16 atom stereocenters. The van der Waals surface area contributed by atoms with Crippen LogP contribution in [0.1, 0.15) is 157 Å². The summed E-state index contributed by atoms with van der Waals surface area (Å²) in [5.74, 6) is 4.36. The summed E-state index contributed by atoms with van der Waals surface area (Å²) in [5.41, 5.74) is 0.406. The normalized spacial score (nSPS) is 38.7. The molecule has 10 aliphatic heterocycles. The average Bonchev–Trinajstić information content (AvgIpc) is 2.44. The molecule has 10 heterocycles. The first-order valence-corrected chi connectivity index (χ1v) is 29.5. The van der Waals surface area contributed by atoms with Crippen molar-refractivity contribution in [1.82, 2.24) is 0 Å². The summed E-state index contributed by atoms with van der Waals surface area (Å²) < 4.78 is 47.6. The van der Waals surface area contributed by atoms with Crippen molar-refractivity contribution in [1.29, 1.82) is 0 Å². The van der Waals surface area contributed by atoms with E-state index in [2.05, 4.69) is 49.2 Å². The number of aliphatic hydroxyl groups excluding tert-OH is 3. The standard InChI is InChI=1S/C10H14O2.C9H12O2.C8H10O2.C6H10O2.C5H8O3.C5H8O2.2C4H6O3.2C4H6O2/c1-10(2)5-3-6-8(10)7(4-5)12-9(6)11;1-9-4-5-2-6(7(9)3-5)8(10)11-9;9-8-6-2-4-1-5(6)7(3-4)10-8;1-6(2)3-5(7)8-4-6;6-4-1-2-8-5(7)3-4;1-4-2-5(6)7-3-4;5-3-1-4(6)7-2-3;5-3-1-2-7-4(3)6;2*5-4-2-1-3-6-4/h5-8H,3-4H2,1-2H3;5-7H,2-4H2,1H3;4-7H,1-3H2;3-4H2,1-2H3;4,6H,1-3H2;4H,2-3H2,1H3;2*3,5H,1-2H2;2*1-3H2. The third-order valence-electron chi connectivity index (χ3n) is 18.2. The molecule has 23 heteroatoms. The van der Waals surface area contributed by atoms with Crippen LogP contribution in [0.3, 0.4) is 0 Å². The van der Waals surface area contributed by atoms with Crippen molar-refractivity contribution in [2.45, 2.75) is 193 Å². The van der Waals surface area contributed by atoms with E-state index in [0.29, 0.717) is 119 Å². The molecule has 3 N–H and O–H groups in total. The van der Waals surface area contributed by atoms with Gasteiger partial charge in [-0.1, -0.05) is 34.6 Å². The minimum absolute atomic E-state index is 0.0463. The highest BCUT2D eigenvalue weighted by molar-refractivity contribution is 5.78. The van der Waals surface area contributed by atoms with Gasteiger partial charge in [-0.15, -0.1) is 0 Å². The van der Waals surface area contributed by atoms with Gasteiger partial charge in [-0.05, 0) is 94.3 Å². The molecular weight excluding hydrogens is 1080 g/mol. The van der Waals surface area contributed by atoms with Gasteiger partial charge in [0.1, 0.15) is 24.4 Å². The Hall–Kier alpha value is -5.42. The maximum absolute atomic E-state index is 11.4. The number of ether oxygens (including phenoxy) is 10. The predicted octanol–water partition coefficient (Wildman–Crippen LogP) is 4.35. The Bertz CT molecular complexity index is 2270. The van der Waals surface area contributed by atoms with Crippen LogP contribution >= 0.6 is 0 Å². The van der Waals surface area contributed by atoms with Gasteiger partial charge in [0.2, 0.25) is 0 Å². The lowest BCUT2D eigenvalue weighted by Gasteiger charge is -2.25. The molecule has 6 saturated carbocycles. The number of carbonyl (C=O) groups excluding carboxylic acids is 10. The van der Waals surface area contributed by atoms with Crippen molar-refractivity contribution in [3.63, 3.8) is 0 Å². The number of carbonyl (C=O) groups is 10. The quantitative estimate of drug-likeness (QED) is 0.224. The highest BCUT2D eigenvalue weighted by Crippen LogP contribution is 2.64. The van der Waals surface area contributed by atoms with Crippen LogP contribution in [0.4, 0.5) is 0 Å². The first-order valence-electron chi connectivity index (χ1n) is 29.5. The average molecular weight is 1160 g/mol. The topological polar surface area (TPSA) is 324 Å². The van der Waals surface area contributed by atoms with Gasteiger partial charge >= 0.3 is 59.7 Å². The van der Waals surface area contributed by atoms with Crippen LogP contribution in [0.5, 0.6) is 0 Å². The van der Waals surface area contributed by atoms with E-state index in [-0.39, 0.29) is 102 Å². The molecule has 0 aromatic carbocycles. The zero-order valence-electron chi connectivity index (χ0n) is 48.3. The predicted molar refractivity (Wildman–Crippen MR) is 280 cm³/mol. The Morgan fingerprint density at radius 3 is 1.40 bits per heavy atom. The Kier molecular flexibility index (Phi) is 21.9. The van der Waals surface area contributed by atoms with Gasteiger partial charge in [-0.25, -0.2) is 4.79 Å². The van der Waals surface area contributed by atoms with E-state index >= 15 is 0 Å². The maximum Gasteiger partial charge on any atom is 0.335 e. The summed E-state index contributed by atoms with van der Waals surface area (Å²) in [6, 6.07) is 0. The second-order valence-electron chi connectivity index (χ2n) is 25.9. The largest absolute Gasteiger partial charge is 0.466 e. The Balaban J connectivity index is 0.000000132. The number of hydrogen-bond donors (Lipinski definition) is 3. The second kappa shape index (κ2) is 28.0. The third-order valence-corrected chi connectivity index (χ3v) is 18.2. The molecule has 0 spiro atoms. The molecule has 460 valence electrons. The number of cyclic esters (lactones) is 7. The van der Waals surface area contributed by atoms with Gasteiger partial charge in [0.15, 0.2) is 6.10 Å². The van der Waals surface area contributed by atoms with E-state index in [1.54, 1.807) is 0 Å². The molecule has 16 fully saturated rings. The number of aliphatic hydroxyl groups is 3. The van der Waals surface area contributed by atoms with Gasteiger partial charge < -0.3 is 62.7 Å². The second-order valence-corrected chi connectivity index (χ2v) is 25.9. The third kappa shape index (κ3) is 17.1. The molecule has 0 aromatic heterocycles. The molecule has 0 aromatic rings. The van der Waals surface area contributed by atoms with Crippen molar-refractivity contribution < 1.29 is 111 Å². The highest BCUT2D eigenvalue weighted by atomic mass is 16.6. The first kappa shape index (κ1) is 64.1. The molecule has 6 aliphatic carbocycles. The maximum atomic E-state index is 11.4. The molecular formula is C59H86O23. The zero-order chi connectivity index (χ0) is 59.7. The lowest BCUT2D eigenvalue weighted by atomic mass is 9.80. The number of rotatable bonds is 0. The number of hydrogen-bond acceptors (Lipinski definition) is 23. The summed E-state index contributed by atoms with van der Waals surface area (Å²) in [7, 11) is 0. The van der Waals surface area contributed by atoms with E-state index in [0.717, 1.165) is 69.1 Å². The Morgan fingerprint density at radius 1 is 0.488 bits per heavy atom. The van der Waals surface area contributed by atoms with Gasteiger partial charge in [0.05, 0.1) is 95.3 Å². The molecule has 23 nitrogen and oxygen atoms in total. The van der Waals surface area contributed by atoms with Gasteiger partial charge in [0.25, 0.3) is 0 Å². The Morgan fingerprint density at radius 2 is 1.09 bits per heavy atom. The molecule has 0 amide bonds. The molecule has 0 radical (unpaired) electrons. The molecule has 16 aliphatic rings. The molecule has 16 rings (SSSR count). The van der Waals surface area contributed by atoms with Crippen LogP contribution in [-0.4, -0.2) is 157 Å². The summed E-state index contributed by atoms with van der Waals surface area (Å²) in [6.07, 6.45) is 13.6. The zero-order valence-corrected chi connectivity index (χ0v) is 48.3. The van der Waals surface area contributed by atoms with Gasteiger partial charge in [-0.2, -0.15) is 0 Å². The van der Waals surface area contributed by atoms with Crippen LogP contribution in [0.25, 0.3) is 0 Å². The highest BCUT2D eigenvalue weighted by Gasteiger charge is 2.66. The van der Waals surface area contributed by atoms with E-state index < -0.39 is 24.3 Å². The molecule has 82 heavy (non-hydrogen) atoms. The van der Waals surface area contributed by atoms with Gasteiger partial charge in [0, 0.05) is 54.8 Å².